The summed E-state index contributed by atoms with van der Waals surface area (Å²) in [5.74, 6) is 1.81. The highest BCUT2D eigenvalue weighted by Gasteiger charge is 2.32. The quantitative estimate of drug-likeness (QED) is 0.666. The summed E-state index contributed by atoms with van der Waals surface area (Å²) >= 11 is 0. The molecule has 0 aromatic rings. The third-order valence-electron chi connectivity index (χ3n) is 3.36. The monoisotopic (exact) mass is 211 g/mol. The Kier molecular flexibility index (Phi) is 4.22. The Morgan fingerprint density at radius 2 is 1.67 bits per heavy atom. The van der Waals surface area contributed by atoms with Crippen molar-refractivity contribution in [3.05, 3.63) is 0 Å². The van der Waals surface area contributed by atoms with Gasteiger partial charge in [0.2, 0.25) is 0 Å². The minimum Gasteiger partial charge on any atom is -0.296 e. The fraction of sp³-hybridized carbons (Fsp3) is 1.00. The van der Waals surface area contributed by atoms with Gasteiger partial charge in [-0.1, -0.05) is 13.8 Å². The molecule has 0 N–H and O–H groups in total. The number of hydrogen-bond donors (Lipinski definition) is 0. The first kappa shape index (κ1) is 13.0. The molecule has 1 nitrogen and oxygen atoms in total. The molecule has 0 aromatic heterocycles. The Morgan fingerprint density at radius 1 is 1.13 bits per heavy atom. The fourth-order valence-corrected chi connectivity index (χ4v) is 2.50. The highest BCUT2D eigenvalue weighted by Crippen LogP contribution is 2.33. The van der Waals surface area contributed by atoms with E-state index in [2.05, 4.69) is 46.4 Å². The first-order valence-corrected chi connectivity index (χ1v) is 6.57. The van der Waals surface area contributed by atoms with Crippen LogP contribution in [0.1, 0.15) is 60.8 Å². The van der Waals surface area contributed by atoms with Gasteiger partial charge in [-0.3, -0.25) is 4.90 Å². The van der Waals surface area contributed by atoms with Gasteiger partial charge < -0.3 is 0 Å². The van der Waals surface area contributed by atoms with E-state index in [4.69, 9.17) is 0 Å². The van der Waals surface area contributed by atoms with Crippen molar-refractivity contribution in [1.82, 2.24) is 4.90 Å². The van der Waals surface area contributed by atoms with Crippen LogP contribution in [0, 0.1) is 11.8 Å². The summed E-state index contributed by atoms with van der Waals surface area (Å²) in [6, 6.07) is 0.727. The van der Waals surface area contributed by atoms with E-state index in [0.717, 1.165) is 17.9 Å². The topological polar surface area (TPSA) is 3.24 Å². The summed E-state index contributed by atoms with van der Waals surface area (Å²) in [4.78, 5) is 2.71. The van der Waals surface area contributed by atoms with Crippen LogP contribution in [0.25, 0.3) is 0 Å². The Bertz CT molecular complexity index is 186. The number of rotatable bonds is 5. The van der Waals surface area contributed by atoms with E-state index in [1.165, 1.54) is 25.8 Å². The summed E-state index contributed by atoms with van der Waals surface area (Å²) in [6.07, 6.45) is 4.24. The highest BCUT2D eigenvalue weighted by molar-refractivity contribution is 4.87. The van der Waals surface area contributed by atoms with Crippen molar-refractivity contribution in [2.45, 2.75) is 72.4 Å². The molecule has 0 bridgehead atoms. The van der Waals surface area contributed by atoms with Gasteiger partial charge in [-0.15, -0.1) is 0 Å². The Labute approximate surface area is 96.2 Å². The summed E-state index contributed by atoms with van der Waals surface area (Å²) < 4.78 is 0. The van der Waals surface area contributed by atoms with E-state index in [9.17, 15) is 0 Å². The van der Waals surface area contributed by atoms with Crippen molar-refractivity contribution in [3.8, 4) is 0 Å². The standard InChI is InChI=1S/C14H29N/c1-11(2)9-12(3)15(14(4,5)6)10-13-7-8-13/h11-13H,7-10H2,1-6H3. The predicted octanol–water partition coefficient (Wildman–Crippen LogP) is 3.93. The van der Waals surface area contributed by atoms with Gasteiger partial charge in [0, 0.05) is 18.1 Å². The van der Waals surface area contributed by atoms with Crippen LogP contribution >= 0.6 is 0 Å². The summed E-state index contributed by atoms with van der Waals surface area (Å²) in [5.41, 5.74) is 0.330. The second kappa shape index (κ2) is 4.86. The van der Waals surface area contributed by atoms with Crippen molar-refractivity contribution in [2.75, 3.05) is 6.54 Å². The molecule has 0 saturated heterocycles. The van der Waals surface area contributed by atoms with Gasteiger partial charge in [0.25, 0.3) is 0 Å². The largest absolute Gasteiger partial charge is 0.296 e. The highest BCUT2D eigenvalue weighted by atomic mass is 15.2. The van der Waals surface area contributed by atoms with Crippen molar-refractivity contribution in [1.29, 1.82) is 0 Å². The summed E-state index contributed by atoms with van der Waals surface area (Å²) in [6.45, 7) is 15.4. The van der Waals surface area contributed by atoms with Crippen LogP contribution in [0.4, 0.5) is 0 Å². The average Bonchev–Trinajstić information content (AvgIpc) is 2.78. The zero-order valence-corrected chi connectivity index (χ0v) is 11.5. The van der Waals surface area contributed by atoms with E-state index >= 15 is 0 Å². The maximum absolute atomic E-state index is 2.71. The van der Waals surface area contributed by atoms with Crippen molar-refractivity contribution in [2.24, 2.45) is 11.8 Å². The van der Waals surface area contributed by atoms with Crippen LogP contribution in [0.15, 0.2) is 0 Å². The van der Waals surface area contributed by atoms with E-state index < -0.39 is 0 Å². The molecule has 1 unspecified atom stereocenters. The lowest BCUT2D eigenvalue weighted by Gasteiger charge is -2.41. The Balaban J connectivity index is 2.53. The molecule has 0 amide bonds. The molecule has 1 saturated carbocycles. The van der Waals surface area contributed by atoms with Crippen LogP contribution in [0.3, 0.4) is 0 Å². The molecule has 1 aliphatic carbocycles. The fourth-order valence-electron chi connectivity index (χ4n) is 2.50. The normalized spacial score (nSPS) is 20.0. The molecule has 1 heteroatoms. The SMILES string of the molecule is CC(C)CC(C)N(CC1CC1)C(C)(C)C. The molecule has 1 atom stereocenters. The molecular formula is C14H29N. The lowest BCUT2D eigenvalue weighted by atomic mass is 9.97. The maximum Gasteiger partial charge on any atom is 0.0127 e. The lowest BCUT2D eigenvalue weighted by molar-refractivity contribution is 0.0735. The van der Waals surface area contributed by atoms with Gasteiger partial charge >= 0.3 is 0 Å². The maximum atomic E-state index is 2.71. The molecule has 1 fully saturated rings. The Morgan fingerprint density at radius 3 is 2.00 bits per heavy atom. The second-order valence-corrected chi connectivity index (χ2v) is 6.75. The molecule has 0 aromatic carbocycles. The van der Waals surface area contributed by atoms with Crippen LogP contribution in [0.5, 0.6) is 0 Å². The molecule has 0 aliphatic heterocycles. The minimum atomic E-state index is 0.330. The van der Waals surface area contributed by atoms with Gasteiger partial charge in [0.15, 0.2) is 0 Å². The molecule has 1 aliphatic rings. The minimum absolute atomic E-state index is 0.330. The van der Waals surface area contributed by atoms with Gasteiger partial charge in [0.05, 0.1) is 0 Å². The van der Waals surface area contributed by atoms with E-state index in [1.807, 2.05) is 0 Å². The van der Waals surface area contributed by atoms with Crippen molar-refractivity contribution in [3.63, 3.8) is 0 Å². The van der Waals surface area contributed by atoms with Crippen LogP contribution < -0.4 is 0 Å². The first-order chi connectivity index (χ1) is 6.80. The molecule has 15 heavy (non-hydrogen) atoms. The van der Waals surface area contributed by atoms with E-state index in [1.54, 1.807) is 0 Å². The Hall–Kier alpha value is -0.0400. The molecule has 0 spiro atoms. The number of hydrogen-bond acceptors (Lipinski definition) is 1. The first-order valence-electron chi connectivity index (χ1n) is 6.57. The van der Waals surface area contributed by atoms with E-state index in [-0.39, 0.29) is 0 Å². The summed E-state index contributed by atoms with van der Waals surface area (Å²) in [5, 5.41) is 0. The van der Waals surface area contributed by atoms with Crippen LogP contribution in [-0.2, 0) is 0 Å². The zero-order chi connectivity index (χ0) is 11.6. The molecule has 90 valence electrons. The molecule has 0 radical (unpaired) electrons. The van der Waals surface area contributed by atoms with Crippen LogP contribution in [-0.4, -0.2) is 23.0 Å². The van der Waals surface area contributed by atoms with Crippen LogP contribution in [0.2, 0.25) is 0 Å². The van der Waals surface area contributed by atoms with Gasteiger partial charge in [-0.25, -0.2) is 0 Å². The number of nitrogens with zero attached hydrogens (tertiary/aromatic N) is 1. The lowest BCUT2D eigenvalue weighted by Crippen LogP contribution is -2.48. The van der Waals surface area contributed by atoms with Gasteiger partial charge in [-0.2, -0.15) is 0 Å². The van der Waals surface area contributed by atoms with Crippen molar-refractivity contribution < 1.29 is 0 Å². The van der Waals surface area contributed by atoms with Gasteiger partial charge in [-0.05, 0) is 58.8 Å². The van der Waals surface area contributed by atoms with Crippen molar-refractivity contribution >= 4 is 0 Å². The zero-order valence-electron chi connectivity index (χ0n) is 11.5. The molecular weight excluding hydrogens is 182 g/mol. The second-order valence-electron chi connectivity index (χ2n) is 6.75. The smallest absolute Gasteiger partial charge is 0.0127 e. The average molecular weight is 211 g/mol. The van der Waals surface area contributed by atoms with E-state index in [0.29, 0.717) is 5.54 Å². The molecule has 0 heterocycles. The van der Waals surface area contributed by atoms with Gasteiger partial charge in [0.1, 0.15) is 0 Å². The molecule has 1 rings (SSSR count). The third kappa shape index (κ3) is 4.55. The predicted molar refractivity (Wildman–Crippen MR) is 68.1 cm³/mol. The third-order valence-corrected chi connectivity index (χ3v) is 3.36. The summed E-state index contributed by atoms with van der Waals surface area (Å²) in [7, 11) is 0.